The molecule has 2 aromatic rings. The number of amidine groups is 1. The van der Waals surface area contributed by atoms with Crippen molar-refractivity contribution in [3.63, 3.8) is 0 Å². The van der Waals surface area contributed by atoms with E-state index in [0.29, 0.717) is 5.56 Å². The molecule has 0 aliphatic heterocycles. The Bertz CT molecular complexity index is 540. The Morgan fingerprint density at radius 1 is 1.31 bits per heavy atom. The molecule has 0 atom stereocenters. The van der Waals surface area contributed by atoms with Gasteiger partial charge in [0.2, 0.25) is 0 Å². The van der Waals surface area contributed by atoms with E-state index in [0.717, 1.165) is 16.9 Å². The summed E-state index contributed by atoms with van der Waals surface area (Å²) in [5.74, 6) is 0.0619. The lowest BCUT2D eigenvalue weighted by molar-refractivity contribution is 0.860. The maximum atomic E-state index is 7.57. The minimum atomic E-state index is 0.0619. The molecule has 1 aromatic heterocycles. The monoisotopic (exact) mass is 214 g/mol. The Hall–Kier alpha value is -2.10. The number of aromatic nitrogens is 2. The fourth-order valence-corrected chi connectivity index (χ4v) is 1.61. The van der Waals surface area contributed by atoms with Gasteiger partial charge >= 0.3 is 0 Å². The van der Waals surface area contributed by atoms with Gasteiger partial charge in [-0.2, -0.15) is 5.10 Å². The van der Waals surface area contributed by atoms with Crippen molar-refractivity contribution in [3.05, 3.63) is 47.3 Å². The third-order valence-corrected chi connectivity index (χ3v) is 2.41. The number of hydrogen-bond donors (Lipinski definition) is 2. The Balaban J connectivity index is 2.60. The first-order chi connectivity index (χ1) is 7.58. The van der Waals surface area contributed by atoms with Crippen LogP contribution in [-0.4, -0.2) is 15.6 Å². The molecular formula is C12H14N4. The zero-order chi connectivity index (χ0) is 11.7. The summed E-state index contributed by atoms with van der Waals surface area (Å²) in [5, 5.41) is 11.9. The van der Waals surface area contributed by atoms with Gasteiger partial charge in [-0.25, -0.2) is 4.68 Å². The molecule has 3 N–H and O–H groups in total. The van der Waals surface area contributed by atoms with E-state index in [1.165, 1.54) is 0 Å². The summed E-state index contributed by atoms with van der Waals surface area (Å²) in [6, 6.07) is 7.73. The second-order valence-corrected chi connectivity index (χ2v) is 3.84. The summed E-state index contributed by atoms with van der Waals surface area (Å²) in [6.07, 6.45) is 1.87. The van der Waals surface area contributed by atoms with Gasteiger partial charge in [-0.3, -0.25) is 5.41 Å². The van der Waals surface area contributed by atoms with Gasteiger partial charge in [-0.1, -0.05) is 11.6 Å². The molecule has 82 valence electrons. The minimum absolute atomic E-state index is 0.0619. The largest absolute Gasteiger partial charge is 0.384 e. The van der Waals surface area contributed by atoms with E-state index >= 15 is 0 Å². The number of rotatable bonds is 2. The van der Waals surface area contributed by atoms with Crippen molar-refractivity contribution in [2.24, 2.45) is 5.73 Å². The van der Waals surface area contributed by atoms with Gasteiger partial charge in [0.15, 0.2) is 0 Å². The summed E-state index contributed by atoms with van der Waals surface area (Å²) < 4.78 is 1.74. The third kappa shape index (κ3) is 1.82. The number of aryl methyl sites for hydroxylation is 2. The average molecular weight is 214 g/mol. The molecule has 0 unspecified atom stereocenters. The van der Waals surface area contributed by atoms with Gasteiger partial charge < -0.3 is 5.73 Å². The van der Waals surface area contributed by atoms with Crippen LogP contribution >= 0.6 is 0 Å². The molecule has 2 rings (SSSR count). The molecule has 1 heterocycles. The summed E-state index contributed by atoms with van der Waals surface area (Å²) >= 11 is 0. The number of nitrogen functional groups attached to an aromatic ring is 1. The zero-order valence-corrected chi connectivity index (χ0v) is 9.36. The normalized spacial score (nSPS) is 10.4. The number of nitrogens with one attached hydrogen (secondary N) is 1. The van der Waals surface area contributed by atoms with Gasteiger partial charge in [-0.15, -0.1) is 0 Å². The van der Waals surface area contributed by atoms with Crippen molar-refractivity contribution >= 4 is 5.84 Å². The van der Waals surface area contributed by atoms with Crippen LogP contribution < -0.4 is 5.73 Å². The molecule has 4 nitrogen and oxygen atoms in total. The fourth-order valence-electron chi connectivity index (χ4n) is 1.61. The van der Waals surface area contributed by atoms with Gasteiger partial charge in [0, 0.05) is 11.8 Å². The Labute approximate surface area is 94.2 Å². The topological polar surface area (TPSA) is 67.7 Å². The van der Waals surface area contributed by atoms with Crippen LogP contribution in [0.1, 0.15) is 16.8 Å². The van der Waals surface area contributed by atoms with E-state index in [-0.39, 0.29) is 5.84 Å². The molecule has 0 aliphatic rings. The summed E-state index contributed by atoms with van der Waals surface area (Å²) in [7, 11) is 0. The van der Waals surface area contributed by atoms with Crippen molar-refractivity contribution < 1.29 is 0 Å². The van der Waals surface area contributed by atoms with Gasteiger partial charge in [-0.05, 0) is 32.0 Å². The van der Waals surface area contributed by atoms with Crippen LogP contribution in [0.4, 0.5) is 0 Å². The Morgan fingerprint density at radius 2 is 2.06 bits per heavy atom. The maximum Gasteiger partial charge on any atom is 0.124 e. The SMILES string of the molecule is Cc1ccc(-n2ccc(C)n2)c(C(=N)N)c1. The van der Waals surface area contributed by atoms with Crippen LogP contribution in [0.2, 0.25) is 0 Å². The van der Waals surface area contributed by atoms with Gasteiger partial charge in [0.05, 0.1) is 11.4 Å². The van der Waals surface area contributed by atoms with E-state index in [1.54, 1.807) is 4.68 Å². The smallest absolute Gasteiger partial charge is 0.124 e. The Morgan fingerprint density at radius 3 is 2.62 bits per heavy atom. The third-order valence-electron chi connectivity index (χ3n) is 2.41. The Kier molecular flexibility index (Phi) is 2.48. The zero-order valence-electron chi connectivity index (χ0n) is 9.36. The van der Waals surface area contributed by atoms with E-state index in [9.17, 15) is 0 Å². The highest BCUT2D eigenvalue weighted by molar-refractivity contribution is 5.98. The second kappa shape index (κ2) is 3.81. The number of benzene rings is 1. The van der Waals surface area contributed by atoms with Crippen molar-refractivity contribution in [1.82, 2.24) is 9.78 Å². The standard InChI is InChI=1S/C12H14N4/c1-8-3-4-11(10(7-8)12(13)14)16-6-5-9(2)15-16/h3-7H,1-2H3,(H3,13,14). The minimum Gasteiger partial charge on any atom is -0.384 e. The van der Waals surface area contributed by atoms with E-state index in [1.807, 2.05) is 44.3 Å². The van der Waals surface area contributed by atoms with E-state index in [2.05, 4.69) is 5.10 Å². The lowest BCUT2D eigenvalue weighted by Crippen LogP contribution is -2.15. The molecule has 0 spiro atoms. The predicted octanol–water partition coefficient (Wildman–Crippen LogP) is 1.77. The summed E-state index contributed by atoms with van der Waals surface area (Å²) in [4.78, 5) is 0. The molecule has 1 aromatic carbocycles. The molecule has 0 radical (unpaired) electrons. The van der Waals surface area contributed by atoms with Crippen molar-refractivity contribution in [2.75, 3.05) is 0 Å². The first-order valence-electron chi connectivity index (χ1n) is 5.05. The van der Waals surface area contributed by atoms with Crippen LogP contribution in [0.15, 0.2) is 30.5 Å². The molecule has 0 saturated heterocycles. The highest BCUT2D eigenvalue weighted by Crippen LogP contribution is 2.15. The highest BCUT2D eigenvalue weighted by Gasteiger charge is 2.08. The molecule has 0 bridgehead atoms. The van der Waals surface area contributed by atoms with Gasteiger partial charge in [0.1, 0.15) is 5.84 Å². The lowest BCUT2D eigenvalue weighted by Gasteiger charge is -2.09. The quantitative estimate of drug-likeness (QED) is 0.591. The second-order valence-electron chi connectivity index (χ2n) is 3.84. The van der Waals surface area contributed by atoms with E-state index < -0.39 is 0 Å². The van der Waals surface area contributed by atoms with Crippen LogP contribution in [0.5, 0.6) is 0 Å². The van der Waals surface area contributed by atoms with Crippen LogP contribution in [-0.2, 0) is 0 Å². The first-order valence-corrected chi connectivity index (χ1v) is 5.05. The van der Waals surface area contributed by atoms with Crippen molar-refractivity contribution in [2.45, 2.75) is 13.8 Å². The predicted molar refractivity (Wildman–Crippen MR) is 64.1 cm³/mol. The lowest BCUT2D eigenvalue weighted by atomic mass is 10.1. The summed E-state index contributed by atoms with van der Waals surface area (Å²) in [6.45, 7) is 3.91. The molecule has 0 aliphatic carbocycles. The van der Waals surface area contributed by atoms with Crippen molar-refractivity contribution in [1.29, 1.82) is 5.41 Å². The summed E-state index contributed by atoms with van der Waals surface area (Å²) in [5.41, 5.74) is 9.14. The highest BCUT2D eigenvalue weighted by atomic mass is 15.3. The average Bonchev–Trinajstić information content (AvgIpc) is 2.64. The van der Waals surface area contributed by atoms with E-state index in [4.69, 9.17) is 11.1 Å². The number of hydrogen-bond acceptors (Lipinski definition) is 2. The molecule has 0 saturated carbocycles. The van der Waals surface area contributed by atoms with Crippen molar-refractivity contribution in [3.8, 4) is 5.69 Å². The van der Waals surface area contributed by atoms with Crippen LogP contribution in [0, 0.1) is 19.3 Å². The molecular weight excluding hydrogens is 200 g/mol. The maximum absolute atomic E-state index is 7.57. The van der Waals surface area contributed by atoms with Gasteiger partial charge in [0.25, 0.3) is 0 Å². The first kappa shape index (κ1) is 10.4. The number of nitrogens with zero attached hydrogens (tertiary/aromatic N) is 2. The molecule has 16 heavy (non-hydrogen) atoms. The fraction of sp³-hybridized carbons (Fsp3) is 0.167. The molecule has 0 fully saturated rings. The molecule has 4 heteroatoms. The number of nitrogens with two attached hydrogens (primary N) is 1. The molecule has 0 amide bonds. The van der Waals surface area contributed by atoms with Crippen LogP contribution in [0.3, 0.4) is 0 Å². The van der Waals surface area contributed by atoms with Crippen LogP contribution in [0.25, 0.3) is 5.69 Å².